The molecule has 0 saturated carbocycles. The van der Waals surface area contributed by atoms with Crippen LogP contribution in [0, 0.1) is 0 Å². The summed E-state index contributed by atoms with van der Waals surface area (Å²) >= 11 is 6.38. The maximum atomic E-state index is 13.0. The maximum Gasteiger partial charge on any atom is 0.255 e. The molecule has 6 rings (SSSR count). The number of para-hydroxylation sites is 1. The molecule has 37 heavy (non-hydrogen) atoms. The number of hydrogen-bond acceptors (Lipinski definition) is 7. The lowest BCUT2D eigenvalue weighted by Crippen LogP contribution is -2.31. The average Bonchev–Trinajstić information content (AvgIpc) is 3.28. The molecule has 3 aromatic heterocycles. The lowest BCUT2D eigenvalue weighted by molar-refractivity contribution is 0.00564. The largest absolute Gasteiger partial charge is 0.493 e. The molecule has 2 aliphatic heterocycles. The van der Waals surface area contributed by atoms with Gasteiger partial charge in [-0.2, -0.15) is 0 Å². The highest BCUT2D eigenvalue weighted by atomic mass is 35.5. The third-order valence-electron chi connectivity index (χ3n) is 6.63. The van der Waals surface area contributed by atoms with Crippen molar-refractivity contribution in [1.82, 2.24) is 20.3 Å². The van der Waals surface area contributed by atoms with Crippen molar-refractivity contribution in [2.75, 3.05) is 32.2 Å². The first-order valence-electron chi connectivity index (χ1n) is 12.3. The third kappa shape index (κ3) is 4.45. The Balaban J connectivity index is 1.48. The Morgan fingerprint density at radius 2 is 2.14 bits per heavy atom. The lowest BCUT2D eigenvalue weighted by atomic mass is 10.0. The van der Waals surface area contributed by atoms with Crippen molar-refractivity contribution in [2.24, 2.45) is 0 Å². The Hall–Kier alpha value is -3.82. The van der Waals surface area contributed by atoms with Gasteiger partial charge in [-0.05, 0) is 37.1 Å². The number of carbonyl (C=O) groups is 1. The third-order valence-corrected chi connectivity index (χ3v) is 6.93. The second-order valence-corrected chi connectivity index (χ2v) is 9.42. The van der Waals surface area contributed by atoms with Crippen LogP contribution in [-0.4, -0.2) is 53.8 Å². The molecule has 1 atom stereocenters. The van der Waals surface area contributed by atoms with Crippen molar-refractivity contribution >= 4 is 39.9 Å². The Morgan fingerprint density at radius 3 is 2.97 bits per heavy atom. The SMILES string of the molecule is COc1c(Cl)cccc1Nc1c(-c2ccnc3ccc(O[C@@H]4CCCOC4)nc23)[nH]c2c1C(=O)NCC2. The first kappa shape index (κ1) is 23.6. The molecule has 3 N–H and O–H groups in total. The fourth-order valence-corrected chi connectivity index (χ4v) is 5.16. The number of ether oxygens (including phenoxy) is 3. The van der Waals surface area contributed by atoms with Gasteiger partial charge in [0.15, 0.2) is 5.75 Å². The Bertz CT molecular complexity index is 1480. The smallest absolute Gasteiger partial charge is 0.255 e. The van der Waals surface area contributed by atoms with Gasteiger partial charge >= 0.3 is 0 Å². The van der Waals surface area contributed by atoms with E-state index in [2.05, 4.69) is 20.6 Å². The second kappa shape index (κ2) is 9.91. The molecular weight excluding hydrogens is 494 g/mol. The molecule has 190 valence electrons. The number of aromatic nitrogens is 3. The summed E-state index contributed by atoms with van der Waals surface area (Å²) in [6.45, 7) is 1.87. The van der Waals surface area contributed by atoms with Gasteiger partial charge in [-0.1, -0.05) is 17.7 Å². The van der Waals surface area contributed by atoms with E-state index >= 15 is 0 Å². The van der Waals surface area contributed by atoms with Gasteiger partial charge in [-0.15, -0.1) is 0 Å². The van der Waals surface area contributed by atoms with Gasteiger partial charge < -0.3 is 29.8 Å². The summed E-state index contributed by atoms with van der Waals surface area (Å²) in [5, 5.41) is 6.83. The van der Waals surface area contributed by atoms with Crippen LogP contribution in [0.5, 0.6) is 11.6 Å². The highest BCUT2D eigenvalue weighted by Crippen LogP contribution is 2.42. The van der Waals surface area contributed by atoms with Crippen LogP contribution in [0.2, 0.25) is 5.02 Å². The molecule has 2 aliphatic rings. The fourth-order valence-electron chi connectivity index (χ4n) is 4.91. The van der Waals surface area contributed by atoms with Crippen LogP contribution in [0.25, 0.3) is 22.3 Å². The van der Waals surface area contributed by atoms with Crippen molar-refractivity contribution in [3.63, 3.8) is 0 Å². The van der Waals surface area contributed by atoms with Crippen molar-refractivity contribution in [3.05, 3.63) is 58.9 Å². The van der Waals surface area contributed by atoms with E-state index in [-0.39, 0.29) is 12.0 Å². The summed E-state index contributed by atoms with van der Waals surface area (Å²) in [5.41, 5.74) is 5.56. The number of fused-ring (bicyclic) bond motifs is 2. The van der Waals surface area contributed by atoms with E-state index in [0.29, 0.717) is 64.2 Å². The monoisotopic (exact) mass is 519 g/mol. The molecule has 1 saturated heterocycles. The van der Waals surface area contributed by atoms with Gasteiger partial charge in [0.25, 0.3) is 5.91 Å². The number of amides is 1. The molecule has 4 aromatic rings. The van der Waals surface area contributed by atoms with Gasteiger partial charge in [0.1, 0.15) is 11.6 Å². The van der Waals surface area contributed by atoms with Gasteiger partial charge in [-0.3, -0.25) is 9.78 Å². The van der Waals surface area contributed by atoms with Crippen LogP contribution in [0.1, 0.15) is 28.9 Å². The van der Waals surface area contributed by atoms with Gasteiger partial charge in [0, 0.05) is 43.1 Å². The van der Waals surface area contributed by atoms with Crippen LogP contribution in [0.3, 0.4) is 0 Å². The minimum Gasteiger partial charge on any atom is -0.493 e. The van der Waals surface area contributed by atoms with Gasteiger partial charge in [-0.25, -0.2) is 4.98 Å². The first-order valence-corrected chi connectivity index (χ1v) is 12.6. The van der Waals surface area contributed by atoms with Crippen LogP contribution in [-0.2, 0) is 11.2 Å². The molecule has 1 aromatic carbocycles. The number of nitrogens with zero attached hydrogens (tertiary/aromatic N) is 2. The number of anilines is 2. The van der Waals surface area contributed by atoms with E-state index in [1.807, 2.05) is 30.3 Å². The first-order chi connectivity index (χ1) is 18.1. The van der Waals surface area contributed by atoms with E-state index in [1.165, 1.54) is 0 Å². The number of halogens is 1. The van der Waals surface area contributed by atoms with Crippen LogP contribution in [0.4, 0.5) is 11.4 Å². The van der Waals surface area contributed by atoms with E-state index in [9.17, 15) is 4.79 Å². The summed E-state index contributed by atoms with van der Waals surface area (Å²) in [7, 11) is 1.56. The predicted octanol–water partition coefficient (Wildman–Crippen LogP) is 4.87. The summed E-state index contributed by atoms with van der Waals surface area (Å²) in [6.07, 6.45) is 4.26. The normalized spacial score (nSPS) is 17.2. The molecular formula is C27H26ClN5O4. The topological polar surface area (TPSA) is 110 Å². The summed E-state index contributed by atoms with van der Waals surface area (Å²) in [4.78, 5) is 25.8. The molecule has 0 bridgehead atoms. The number of benzene rings is 1. The molecule has 5 heterocycles. The fraction of sp³-hybridized carbons (Fsp3) is 0.296. The zero-order valence-electron chi connectivity index (χ0n) is 20.3. The quantitative estimate of drug-likeness (QED) is 0.333. The number of H-pyrrole nitrogens is 1. The molecule has 0 radical (unpaired) electrons. The number of nitrogens with one attached hydrogen (secondary N) is 3. The summed E-state index contributed by atoms with van der Waals surface area (Å²) in [6, 6.07) is 11.1. The maximum absolute atomic E-state index is 13.0. The zero-order valence-corrected chi connectivity index (χ0v) is 21.0. The number of carbonyl (C=O) groups excluding carboxylic acids is 1. The highest BCUT2D eigenvalue weighted by molar-refractivity contribution is 6.32. The van der Waals surface area contributed by atoms with Crippen LogP contribution < -0.4 is 20.1 Å². The van der Waals surface area contributed by atoms with Gasteiger partial charge in [0.2, 0.25) is 5.88 Å². The van der Waals surface area contributed by atoms with Crippen molar-refractivity contribution in [1.29, 1.82) is 0 Å². The Kier molecular flexibility index (Phi) is 6.31. The minimum atomic E-state index is -0.153. The standard InChI is InChI=1S/C27H26ClN5O4/c1-35-26-17(28)5-2-6-20(26)32-25-22-18(10-12-30-27(22)34)31-24(25)16-9-11-29-19-7-8-21(33-23(16)19)37-15-4-3-13-36-14-15/h2,5-9,11,15,31-32H,3-4,10,12-14H2,1H3,(H,30,34)/t15-/m1/s1. The number of hydrogen-bond donors (Lipinski definition) is 3. The predicted molar refractivity (Wildman–Crippen MR) is 141 cm³/mol. The van der Waals surface area contributed by atoms with E-state index in [0.717, 1.165) is 36.4 Å². The summed E-state index contributed by atoms with van der Waals surface area (Å²) < 4.78 is 17.2. The number of rotatable bonds is 6. The average molecular weight is 520 g/mol. The van der Waals surface area contributed by atoms with Crippen molar-refractivity contribution in [2.45, 2.75) is 25.4 Å². The summed E-state index contributed by atoms with van der Waals surface area (Å²) in [5.74, 6) is 0.849. The molecule has 9 nitrogen and oxygen atoms in total. The molecule has 0 unspecified atom stereocenters. The minimum absolute atomic E-state index is 0.0344. The second-order valence-electron chi connectivity index (χ2n) is 9.01. The number of methoxy groups -OCH3 is 1. The van der Waals surface area contributed by atoms with E-state index in [4.69, 9.17) is 30.8 Å². The van der Waals surface area contributed by atoms with Crippen LogP contribution in [0.15, 0.2) is 42.6 Å². The zero-order chi connectivity index (χ0) is 25.4. The molecule has 1 fully saturated rings. The number of pyridine rings is 2. The Morgan fingerprint density at radius 1 is 1.22 bits per heavy atom. The lowest BCUT2D eigenvalue weighted by Gasteiger charge is -2.22. The molecule has 1 amide bonds. The van der Waals surface area contributed by atoms with Crippen molar-refractivity contribution in [3.8, 4) is 22.9 Å². The van der Waals surface area contributed by atoms with E-state index in [1.54, 1.807) is 19.4 Å². The molecule has 0 aliphatic carbocycles. The molecule has 10 heteroatoms. The molecule has 0 spiro atoms. The van der Waals surface area contributed by atoms with E-state index < -0.39 is 0 Å². The van der Waals surface area contributed by atoms with Crippen LogP contribution >= 0.6 is 11.6 Å². The van der Waals surface area contributed by atoms with Crippen molar-refractivity contribution < 1.29 is 19.0 Å². The Labute approximate surface area is 218 Å². The number of aromatic amines is 1. The highest BCUT2D eigenvalue weighted by Gasteiger charge is 2.29. The van der Waals surface area contributed by atoms with Gasteiger partial charge in [0.05, 0.1) is 46.9 Å².